The third kappa shape index (κ3) is 3.98. The van der Waals surface area contributed by atoms with Crippen molar-refractivity contribution in [3.63, 3.8) is 0 Å². The molecule has 0 aliphatic carbocycles. The van der Waals surface area contributed by atoms with E-state index in [2.05, 4.69) is 38.1 Å². The normalized spacial score (nSPS) is 16.5. The van der Waals surface area contributed by atoms with Gasteiger partial charge in [-0.3, -0.25) is 9.69 Å². The summed E-state index contributed by atoms with van der Waals surface area (Å²) in [4.78, 5) is 15.4. The molecule has 1 atom stereocenters. The predicted molar refractivity (Wildman–Crippen MR) is 129 cm³/mol. The van der Waals surface area contributed by atoms with Gasteiger partial charge in [0, 0.05) is 23.4 Å². The van der Waals surface area contributed by atoms with Crippen molar-refractivity contribution in [3.8, 4) is 16.9 Å². The summed E-state index contributed by atoms with van der Waals surface area (Å²) >= 11 is 6.85. The Hall–Kier alpha value is -2.70. The fourth-order valence-corrected chi connectivity index (χ4v) is 4.78. The van der Waals surface area contributed by atoms with E-state index in [1.54, 1.807) is 4.90 Å². The Morgan fingerprint density at radius 2 is 1.83 bits per heavy atom. The first-order valence-corrected chi connectivity index (χ1v) is 11.2. The molecule has 0 N–H and O–H groups in total. The summed E-state index contributed by atoms with van der Waals surface area (Å²) < 4.78 is 2.48. The van der Waals surface area contributed by atoms with Crippen molar-refractivity contribution >= 4 is 40.3 Å². The van der Waals surface area contributed by atoms with Gasteiger partial charge in [-0.2, -0.15) is 5.10 Å². The zero-order valence-corrected chi connectivity index (χ0v) is 18.8. The number of para-hydroxylation sites is 1. The minimum atomic E-state index is -0.0262. The molecule has 1 fully saturated rings. The maximum Gasteiger partial charge on any atom is 0.266 e. The zero-order valence-electron chi connectivity index (χ0n) is 17.2. The number of rotatable bonds is 5. The summed E-state index contributed by atoms with van der Waals surface area (Å²) in [7, 11) is 0. The van der Waals surface area contributed by atoms with Gasteiger partial charge in [0.15, 0.2) is 0 Å². The molecule has 1 amide bonds. The van der Waals surface area contributed by atoms with Crippen LogP contribution in [0.5, 0.6) is 0 Å². The molecule has 0 spiro atoms. The number of thiocarbonyl (C=S) groups is 1. The highest BCUT2D eigenvalue weighted by atomic mass is 32.2. The van der Waals surface area contributed by atoms with Crippen LogP contribution < -0.4 is 0 Å². The van der Waals surface area contributed by atoms with E-state index in [0.717, 1.165) is 28.9 Å². The lowest BCUT2D eigenvalue weighted by Crippen LogP contribution is -2.36. The molecule has 6 heteroatoms. The minimum Gasteiger partial charge on any atom is -0.290 e. The summed E-state index contributed by atoms with van der Waals surface area (Å²) in [6.45, 7) is 6.15. The molecule has 2 heterocycles. The van der Waals surface area contributed by atoms with Crippen LogP contribution in [0.1, 0.15) is 31.4 Å². The van der Waals surface area contributed by atoms with Gasteiger partial charge in [-0.15, -0.1) is 0 Å². The first-order chi connectivity index (χ1) is 14.5. The first kappa shape index (κ1) is 20.6. The highest BCUT2D eigenvalue weighted by Gasteiger charge is 2.35. The van der Waals surface area contributed by atoms with Gasteiger partial charge in [0.1, 0.15) is 4.32 Å². The predicted octanol–water partition coefficient (Wildman–Crippen LogP) is 5.85. The van der Waals surface area contributed by atoms with Crippen molar-refractivity contribution in [2.75, 3.05) is 0 Å². The van der Waals surface area contributed by atoms with Gasteiger partial charge in [0.05, 0.1) is 16.3 Å². The summed E-state index contributed by atoms with van der Waals surface area (Å²) in [5, 5.41) is 4.84. The molecule has 3 aromatic rings. The lowest BCUT2D eigenvalue weighted by molar-refractivity contribution is -0.123. The SMILES string of the molecule is CCC(C)N1C(=O)/C(=C/c2cn(-c3ccccc3)nc2-c2ccc(C)cc2)SC1=S. The molecule has 4 rings (SSSR count). The fraction of sp³-hybridized carbons (Fsp3) is 0.208. The molecule has 1 aliphatic heterocycles. The van der Waals surface area contributed by atoms with Gasteiger partial charge in [-0.25, -0.2) is 4.68 Å². The van der Waals surface area contributed by atoms with E-state index in [1.807, 2.05) is 54.2 Å². The number of aromatic nitrogens is 2. The van der Waals surface area contributed by atoms with Crippen LogP contribution in [0, 0.1) is 6.92 Å². The number of hydrogen-bond donors (Lipinski definition) is 0. The first-order valence-electron chi connectivity index (χ1n) is 9.97. The van der Waals surface area contributed by atoms with E-state index in [0.29, 0.717) is 9.23 Å². The Balaban J connectivity index is 1.79. The molecule has 1 saturated heterocycles. The number of thioether (sulfide) groups is 1. The molecule has 1 aliphatic rings. The summed E-state index contributed by atoms with van der Waals surface area (Å²) in [5.41, 5.74) is 4.91. The van der Waals surface area contributed by atoms with E-state index in [9.17, 15) is 4.79 Å². The molecule has 1 aromatic heterocycles. The lowest BCUT2D eigenvalue weighted by atomic mass is 10.1. The molecule has 4 nitrogen and oxygen atoms in total. The van der Waals surface area contributed by atoms with Gasteiger partial charge >= 0.3 is 0 Å². The van der Waals surface area contributed by atoms with Crippen LogP contribution in [0.2, 0.25) is 0 Å². The van der Waals surface area contributed by atoms with Crippen molar-refractivity contribution < 1.29 is 4.79 Å². The molecule has 2 aromatic carbocycles. The van der Waals surface area contributed by atoms with E-state index >= 15 is 0 Å². The van der Waals surface area contributed by atoms with Crippen molar-refractivity contribution in [1.29, 1.82) is 0 Å². The number of carbonyl (C=O) groups is 1. The van der Waals surface area contributed by atoms with Gasteiger partial charge in [-0.05, 0) is 38.5 Å². The summed E-state index contributed by atoms with van der Waals surface area (Å²) in [5.74, 6) is -0.0262. The van der Waals surface area contributed by atoms with Gasteiger partial charge in [0.2, 0.25) is 0 Å². The Morgan fingerprint density at radius 3 is 2.50 bits per heavy atom. The molecular formula is C24H23N3OS2. The number of carbonyl (C=O) groups excluding carboxylic acids is 1. The van der Waals surface area contributed by atoms with Crippen LogP contribution in [-0.2, 0) is 4.79 Å². The fourth-order valence-electron chi connectivity index (χ4n) is 3.33. The summed E-state index contributed by atoms with van der Waals surface area (Å²) in [6, 6.07) is 18.3. The minimum absolute atomic E-state index is 0.0262. The van der Waals surface area contributed by atoms with Crippen LogP contribution in [0.15, 0.2) is 65.7 Å². The molecule has 0 radical (unpaired) electrons. The van der Waals surface area contributed by atoms with Crippen molar-refractivity contribution in [2.24, 2.45) is 0 Å². The van der Waals surface area contributed by atoms with E-state index in [4.69, 9.17) is 17.3 Å². The van der Waals surface area contributed by atoms with Gasteiger partial charge in [-0.1, -0.05) is 78.9 Å². The summed E-state index contributed by atoms with van der Waals surface area (Å²) in [6.07, 6.45) is 4.75. The maximum absolute atomic E-state index is 13.0. The van der Waals surface area contributed by atoms with Crippen LogP contribution in [0.4, 0.5) is 0 Å². The highest BCUT2D eigenvalue weighted by molar-refractivity contribution is 8.26. The lowest BCUT2D eigenvalue weighted by Gasteiger charge is -2.21. The van der Waals surface area contributed by atoms with Gasteiger partial charge < -0.3 is 0 Å². The van der Waals surface area contributed by atoms with Gasteiger partial charge in [0.25, 0.3) is 5.91 Å². The smallest absolute Gasteiger partial charge is 0.266 e. The van der Waals surface area contributed by atoms with Crippen LogP contribution >= 0.6 is 24.0 Å². The Bertz CT molecular complexity index is 1120. The van der Waals surface area contributed by atoms with Crippen molar-refractivity contribution in [1.82, 2.24) is 14.7 Å². The second kappa shape index (κ2) is 8.58. The third-order valence-corrected chi connectivity index (χ3v) is 6.56. The van der Waals surface area contributed by atoms with E-state index in [-0.39, 0.29) is 11.9 Å². The molecule has 0 saturated carbocycles. The van der Waals surface area contributed by atoms with Crippen molar-refractivity contribution in [2.45, 2.75) is 33.2 Å². The zero-order chi connectivity index (χ0) is 21.3. The van der Waals surface area contributed by atoms with E-state index < -0.39 is 0 Å². The average molecular weight is 434 g/mol. The second-order valence-electron chi connectivity index (χ2n) is 7.39. The molecule has 152 valence electrons. The molecule has 0 bridgehead atoms. The number of amides is 1. The Morgan fingerprint density at radius 1 is 1.13 bits per heavy atom. The third-order valence-electron chi connectivity index (χ3n) is 5.23. The van der Waals surface area contributed by atoms with Crippen molar-refractivity contribution in [3.05, 3.63) is 76.8 Å². The monoisotopic (exact) mass is 433 g/mol. The molecular weight excluding hydrogens is 410 g/mol. The topological polar surface area (TPSA) is 38.1 Å². The highest BCUT2D eigenvalue weighted by Crippen LogP contribution is 2.36. The van der Waals surface area contributed by atoms with Crippen LogP contribution in [0.25, 0.3) is 23.0 Å². The maximum atomic E-state index is 13.0. The second-order valence-corrected chi connectivity index (χ2v) is 9.06. The number of benzene rings is 2. The standard InChI is InChI=1S/C24H23N3OS2/c1-4-17(3)27-23(28)21(30-24(27)29)14-19-15-26(20-8-6-5-7-9-20)25-22(19)18-12-10-16(2)11-13-18/h5-15,17H,4H2,1-3H3/b21-14-. The van der Waals surface area contributed by atoms with E-state index in [1.165, 1.54) is 17.3 Å². The Labute approximate surface area is 186 Å². The van der Waals surface area contributed by atoms with Crippen LogP contribution in [0.3, 0.4) is 0 Å². The number of hydrogen-bond acceptors (Lipinski definition) is 4. The average Bonchev–Trinajstić information content (AvgIpc) is 3.30. The molecule has 30 heavy (non-hydrogen) atoms. The number of nitrogens with zero attached hydrogens (tertiary/aromatic N) is 3. The quantitative estimate of drug-likeness (QED) is 0.374. The largest absolute Gasteiger partial charge is 0.290 e. The Kier molecular flexibility index (Phi) is 5.88. The molecule has 1 unspecified atom stereocenters. The number of aryl methyl sites for hydroxylation is 1. The van der Waals surface area contributed by atoms with Crippen LogP contribution in [-0.4, -0.2) is 30.9 Å².